The van der Waals surface area contributed by atoms with Crippen molar-refractivity contribution in [3.63, 3.8) is 0 Å². The van der Waals surface area contributed by atoms with Gasteiger partial charge in [-0.1, -0.05) is 5.21 Å². The molecule has 6 nitrogen and oxygen atoms in total. The second-order valence-corrected chi connectivity index (χ2v) is 6.18. The highest BCUT2D eigenvalue weighted by atomic mass is 16.1. The molecular formula is C12H23N5O. The fraction of sp³-hybridized carbons (Fsp3) is 0.750. The van der Waals surface area contributed by atoms with Crippen LogP contribution in [0, 0.1) is 5.41 Å². The van der Waals surface area contributed by atoms with Crippen LogP contribution in [0.4, 0.5) is 0 Å². The summed E-state index contributed by atoms with van der Waals surface area (Å²) < 4.78 is 1.82. The number of primary amides is 1. The molecule has 18 heavy (non-hydrogen) atoms. The van der Waals surface area contributed by atoms with E-state index in [4.69, 9.17) is 5.73 Å². The van der Waals surface area contributed by atoms with Gasteiger partial charge in [0.05, 0.1) is 22.8 Å². The molecule has 0 fully saturated rings. The highest BCUT2D eigenvalue weighted by Crippen LogP contribution is 2.13. The van der Waals surface area contributed by atoms with Gasteiger partial charge in [0.15, 0.2) is 0 Å². The third-order valence-corrected chi connectivity index (χ3v) is 2.77. The van der Waals surface area contributed by atoms with Crippen LogP contribution in [0.15, 0.2) is 6.20 Å². The molecule has 0 bridgehead atoms. The van der Waals surface area contributed by atoms with E-state index < -0.39 is 5.41 Å². The number of amides is 1. The second kappa shape index (κ2) is 5.06. The number of hydrogen-bond acceptors (Lipinski definition) is 4. The normalized spacial score (nSPS) is 12.7. The summed E-state index contributed by atoms with van der Waals surface area (Å²) in [5.41, 5.74) is 5.52. The van der Waals surface area contributed by atoms with Crippen LogP contribution < -0.4 is 11.1 Å². The molecule has 0 atom stereocenters. The summed E-state index contributed by atoms with van der Waals surface area (Å²) in [7, 11) is 0. The summed E-state index contributed by atoms with van der Waals surface area (Å²) >= 11 is 0. The molecule has 0 saturated heterocycles. The van der Waals surface area contributed by atoms with Crippen LogP contribution in [0.1, 0.15) is 40.3 Å². The predicted octanol–water partition coefficient (Wildman–Crippen LogP) is 0.634. The van der Waals surface area contributed by atoms with Crippen molar-refractivity contribution in [1.29, 1.82) is 0 Å². The first-order valence-electron chi connectivity index (χ1n) is 6.05. The lowest BCUT2D eigenvalue weighted by molar-refractivity contribution is -0.125. The lowest BCUT2D eigenvalue weighted by Gasteiger charge is -2.20. The topological polar surface area (TPSA) is 85.8 Å². The van der Waals surface area contributed by atoms with Crippen LogP contribution in [-0.4, -0.2) is 27.4 Å². The second-order valence-electron chi connectivity index (χ2n) is 6.18. The Morgan fingerprint density at radius 2 is 2.00 bits per heavy atom. The van der Waals surface area contributed by atoms with Crippen molar-refractivity contribution in [3.05, 3.63) is 11.9 Å². The van der Waals surface area contributed by atoms with Crippen molar-refractivity contribution in [2.24, 2.45) is 11.1 Å². The minimum Gasteiger partial charge on any atom is -0.369 e. The standard InChI is InChI=1S/C12H23N5O/c1-11(2,3)17-7-9(15-16-17)6-14-8-12(4,5)10(13)18/h7,14H,6,8H2,1-5H3,(H2,13,18). The summed E-state index contributed by atoms with van der Waals surface area (Å²) in [6.45, 7) is 10.9. The molecule has 0 unspecified atom stereocenters. The van der Waals surface area contributed by atoms with Crippen molar-refractivity contribution in [2.45, 2.75) is 46.7 Å². The molecule has 1 heterocycles. The molecule has 0 spiro atoms. The third kappa shape index (κ3) is 3.80. The van der Waals surface area contributed by atoms with Gasteiger partial charge >= 0.3 is 0 Å². The molecule has 1 aromatic rings. The molecule has 0 radical (unpaired) electrons. The van der Waals surface area contributed by atoms with Gasteiger partial charge in [0.1, 0.15) is 0 Å². The van der Waals surface area contributed by atoms with Crippen LogP contribution in [0.5, 0.6) is 0 Å². The summed E-state index contributed by atoms with van der Waals surface area (Å²) in [5, 5.41) is 11.3. The number of carbonyl (C=O) groups excluding carboxylic acids is 1. The van der Waals surface area contributed by atoms with Crippen LogP contribution in [-0.2, 0) is 16.9 Å². The van der Waals surface area contributed by atoms with Crippen molar-refractivity contribution in [3.8, 4) is 0 Å². The van der Waals surface area contributed by atoms with Gasteiger partial charge in [-0.3, -0.25) is 4.79 Å². The van der Waals surface area contributed by atoms with Crippen molar-refractivity contribution in [1.82, 2.24) is 20.3 Å². The highest BCUT2D eigenvalue weighted by Gasteiger charge is 2.24. The highest BCUT2D eigenvalue weighted by molar-refractivity contribution is 5.80. The van der Waals surface area contributed by atoms with E-state index in [-0.39, 0.29) is 11.4 Å². The molecule has 3 N–H and O–H groups in total. The van der Waals surface area contributed by atoms with Gasteiger partial charge in [-0.05, 0) is 34.6 Å². The predicted molar refractivity (Wildman–Crippen MR) is 69.7 cm³/mol. The van der Waals surface area contributed by atoms with E-state index >= 15 is 0 Å². The van der Waals surface area contributed by atoms with Gasteiger partial charge in [0.25, 0.3) is 0 Å². The lowest BCUT2D eigenvalue weighted by Crippen LogP contribution is -2.40. The monoisotopic (exact) mass is 253 g/mol. The molecule has 1 aromatic heterocycles. The number of nitrogens with two attached hydrogens (primary N) is 1. The fourth-order valence-corrected chi connectivity index (χ4v) is 1.30. The minimum absolute atomic E-state index is 0.0717. The van der Waals surface area contributed by atoms with E-state index in [0.29, 0.717) is 13.1 Å². The summed E-state index contributed by atoms with van der Waals surface area (Å²) in [6.07, 6.45) is 1.91. The van der Waals surface area contributed by atoms with Crippen LogP contribution in [0.25, 0.3) is 0 Å². The van der Waals surface area contributed by atoms with E-state index in [2.05, 4.69) is 36.4 Å². The smallest absolute Gasteiger partial charge is 0.224 e. The summed E-state index contributed by atoms with van der Waals surface area (Å²) in [5.74, 6) is -0.312. The maximum Gasteiger partial charge on any atom is 0.224 e. The third-order valence-electron chi connectivity index (χ3n) is 2.77. The van der Waals surface area contributed by atoms with Gasteiger partial charge in [-0.15, -0.1) is 5.10 Å². The largest absolute Gasteiger partial charge is 0.369 e. The molecule has 0 saturated carbocycles. The molecule has 102 valence electrons. The summed E-state index contributed by atoms with van der Waals surface area (Å²) in [4.78, 5) is 11.1. The van der Waals surface area contributed by atoms with Crippen LogP contribution >= 0.6 is 0 Å². The number of hydrogen-bond donors (Lipinski definition) is 2. The van der Waals surface area contributed by atoms with E-state index in [0.717, 1.165) is 5.69 Å². The van der Waals surface area contributed by atoms with Gasteiger partial charge in [0.2, 0.25) is 5.91 Å². The molecule has 6 heteroatoms. The zero-order chi connectivity index (χ0) is 14.0. The van der Waals surface area contributed by atoms with E-state index in [1.807, 2.05) is 24.7 Å². The van der Waals surface area contributed by atoms with Gasteiger partial charge in [0, 0.05) is 13.1 Å². The first kappa shape index (κ1) is 14.6. The fourth-order valence-electron chi connectivity index (χ4n) is 1.30. The number of rotatable bonds is 5. The van der Waals surface area contributed by atoms with Crippen molar-refractivity contribution >= 4 is 5.91 Å². The van der Waals surface area contributed by atoms with Crippen molar-refractivity contribution < 1.29 is 4.79 Å². The van der Waals surface area contributed by atoms with Crippen LogP contribution in [0.2, 0.25) is 0 Å². The maximum absolute atomic E-state index is 11.1. The first-order chi connectivity index (χ1) is 8.13. The first-order valence-corrected chi connectivity index (χ1v) is 6.05. The van der Waals surface area contributed by atoms with Gasteiger partial charge < -0.3 is 11.1 Å². The zero-order valence-corrected chi connectivity index (χ0v) is 11.8. The Bertz CT molecular complexity index is 416. The Morgan fingerprint density at radius 3 is 2.44 bits per heavy atom. The number of nitrogens with one attached hydrogen (secondary N) is 1. The Kier molecular flexibility index (Phi) is 4.11. The van der Waals surface area contributed by atoms with E-state index in [1.54, 1.807) is 0 Å². The summed E-state index contributed by atoms with van der Waals surface area (Å²) in [6, 6.07) is 0. The molecule has 1 amide bonds. The average molecular weight is 253 g/mol. The van der Waals surface area contributed by atoms with Crippen molar-refractivity contribution in [2.75, 3.05) is 6.54 Å². The van der Waals surface area contributed by atoms with Gasteiger partial charge in [-0.25, -0.2) is 4.68 Å². The Balaban J connectivity index is 2.51. The van der Waals surface area contributed by atoms with Crippen LogP contribution in [0.3, 0.4) is 0 Å². The lowest BCUT2D eigenvalue weighted by atomic mass is 9.93. The molecule has 0 aromatic carbocycles. The van der Waals surface area contributed by atoms with E-state index in [1.165, 1.54) is 0 Å². The maximum atomic E-state index is 11.1. The molecule has 0 aliphatic heterocycles. The number of carbonyl (C=O) groups is 1. The Labute approximate surface area is 108 Å². The number of aromatic nitrogens is 3. The van der Waals surface area contributed by atoms with E-state index in [9.17, 15) is 4.79 Å². The molecule has 0 aliphatic rings. The number of nitrogens with zero attached hydrogens (tertiary/aromatic N) is 3. The minimum atomic E-state index is -0.556. The molecular weight excluding hydrogens is 230 g/mol. The zero-order valence-electron chi connectivity index (χ0n) is 11.8. The SMILES string of the molecule is CC(C)(CNCc1cn(C(C)(C)C)nn1)C(N)=O. The van der Waals surface area contributed by atoms with Gasteiger partial charge in [-0.2, -0.15) is 0 Å². The molecule has 0 aliphatic carbocycles. The average Bonchev–Trinajstić information content (AvgIpc) is 2.65. The quantitative estimate of drug-likeness (QED) is 0.806. The Morgan fingerprint density at radius 1 is 1.39 bits per heavy atom. The molecule has 1 rings (SSSR count). The Hall–Kier alpha value is -1.43.